The van der Waals surface area contributed by atoms with Gasteiger partial charge < -0.3 is 4.90 Å². The molecular weight excluding hydrogens is 300 g/mol. The predicted octanol–water partition coefficient (Wildman–Crippen LogP) is -0.328. The molecule has 0 unspecified atom stereocenters. The highest BCUT2D eigenvalue weighted by atomic mass is 32.2. The first kappa shape index (κ1) is 14.7. The van der Waals surface area contributed by atoms with Crippen molar-refractivity contribution in [3.63, 3.8) is 0 Å². The SMILES string of the molecule is CN1CCS(=O)(=O)[C@@H]2CCN(S(=O)(=O)C3CC3)CC[C@@H]21. The smallest absolute Gasteiger partial charge is 0.216 e. The van der Waals surface area contributed by atoms with E-state index in [1.54, 1.807) is 0 Å². The summed E-state index contributed by atoms with van der Waals surface area (Å²) in [6.45, 7) is 1.37. The molecule has 1 aliphatic carbocycles. The highest BCUT2D eigenvalue weighted by molar-refractivity contribution is 7.92. The van der Waals surface area contributed by atoms with Crippen LogP contribution in [0.1, 0.15) is 25.7 Å². The molecule has 6 nitrogen and oxygen atoms in total. The van der Waals surface area contributed by atoms with E-state index in [1.807, 2.05) is 7.05 Å². The minimum atomic E-state index is -3.19. The van der Waals surface area contributed by atoms with E-state index in [1.165, 1.54) is 4.31 Å². The molecule has 0 amide bonds. The van der Waals surface area contributed by atoms with Crippen LogP contribution >= 0.6 is 0 Å². The van der Waals surface area contributed by atoms with Crippen LogP contribution in [0.25, 0.3) is 0 Å². The van der Waals surface area contributed by atoms with Gasteiger partial charge in [-0.3, -0.25) is 0 Å². The largest absolute Gasteiger partial charge is 0.301 e. The van der Waals surface area contributed by atoms with Crippen LogP contribution in [0.3, 0.4) is 0 Å². The first-order valence-electron chi connectivity index (χ1n) is 7.23. The van der Waals surface area contributed by atoms with Crippen molar-refractivity contribution in [2.45, 2.75) is 42.2 Å². The minimum Gasteiger partial charge on any atom is -0.301 e. The van der Waals surface area contributed by atoms with E-state index in [0.29, 0.717) is 32.5 Å². The second-order valence-electron chi connectivity index (χ2n) is 6.17. The Morgan fingerprint density at radius 1 is 1.00 bits per heavy atom. The molecule has 2 heterocycles. The molecule has 3 fully saturated rings. The first-order valence-corrected chi connectivity index (χ1v) is 10.4. The van der Waals surface area contributed by atoms with Crippen LogP contribution in [-0.2, 0) is 19.9 Å². The normalized spacial score (nSPS) is 36.2. The molecule has 0 spiro atoms. The Morgan fingerprint density at radius 2 is 1.65 bits per heavy atom. The number of hydrogen-bond acceptors (Lipinski definition) is 5. The third kappa shape index (κ3) is 2.51. The first-order chi connectivity index (χ1) is 9.32. The van der Waals surface area contributed by atoms with Gasteiger partial charge in [0.15, 0.2) is 9.84 Å². The van der Waals surface area contributed by atoms with Crippen LogP contribution in [0.4, 0.5) is 0 Å². The summed E-state index contributed by atoms with van der Waals surface area (Å²) in [7, 11) is -4.32. The molecule has 2 aliphatic heterocycles. The summed E-state index contributed by atoms with van der Waals surface area (Å²) in [6, 6.07) is -0.0341. The van der Waals surface area contributed by atoms with Crippen molar-refractivity contribution in [2.75, 3.05) is 32.4 Å². The lowest BCUT2D eigenvalue weighted by atomic mass is 10.1. The second kappa shape index (κ2) is 4.93. The number of hydrogen-bond donors (Lipinski definition) is 0. The fourth-order valence-electron chi connectivity index (χ4n) is 3.38. The lowest BCUT2D eigenvalue weighted by Gasteiger charge is -2.37. The van der Waals surface area contributed by atoms with Crippen molar-refractivity contribution < 1.29 is 16.8 Å². The van der Waals surface area contributed by atoms with Crippen molar-refractivity contribution >= 4 is 19.9 Å². The molecule has 1 saturated carbocycles. The van der Waals surface area contributed by atoms with Gasteiger partial charge in [0.2, 0.25) is 10.0 Å². The lowest BCUT2D eigenvalue weighted by Crippen LogP contribution is -2.52. The zero-order chi connectivity index (χ0) is 14.5. The van der Waals surface area contributed by atoms with Gasteiger partial charge in [-0.15, -0.1) is 0 Å². The van der Waals surface area contributed by atoms with Crippen LogP contribution in [-0.4, -0.2) is 75.0 Å². The molecule has 0 aromatic heterocycles. The summed E-state index contributed by atoms with van der Waals surface area (Å²) in [5, 5.41) is -0.613. The zero-order valence-corrected chi connectivity index (χ0v) is 13.4. The molecule has 0 bridgehead atoms. The van der Waals surface area contributed by atoms with E-state index in [9.17, 15) is 16.8 Å². The number of fused-ring (bicyclic) bond motifs is 1. The number of sulfone groups is 1. The molecule has 3 aliphatic rings. The van der Waals surface area contributed by atoms with Gasteiger partial charge in [-0.2, -0.15) is 0 Å². The van der Waals surface area contributed by atoms with Crippen LogP contribution in [0, 0.1) is 0 Å². The minimum absolute atomic E-state index is 0.0341. The monoisotopic (exact) mass is 322 g/mol. The molecule has 8 heteroatoms. The molecule has 2 saturated heterocycles. The molecular formula is C12H22N2O4S2. The van der Waals surface area contributed by atoms with Crippen LogP contribution < -0.4 is 0 Å². The van der Waals surface area contributed by atoms with Crippen molar-refractivity contribution in [2.24, 2.45) is 0 Å². The number of rotatable bonds is 2. The maximum absolute atomic E-state index is 12.3. The van der Waals surface area contributed by atoms with Gasteiger partial charge in [-0.25, -0.2) is 21.1 Å². The average molecular weight is 322 g/mol. The summed E-state index contributed by atoms with van der Waals surface area (Å²) < 4.78 is 50.6. The quantitative estimate of drug-likeness (QED) is 0.696. The van der Waals surface area contributed by atoms with Gasteiger partial charge >= 0.3 is 0 Å². The van der Waals surface area contributed by atoms with E-state index in [-0.39, 0.29) is 17.0 Å². The van der Waals surface area contributed by atoms with Crippen molar-refractivity contribution in [1.82, 2.24) is 9.21 Å². The molecule has 20 heavy (non-hydrogen) atoms. The average Bonchev–Trinajstić information content (AvgIpc) is 3.18. The van der Waals surface area contributed by atoms with Gasteiger partial charge in [0.25, 0.3) is 0 Å². The Kier molecular flexibility index (Phi) is 3.63. The molecule has 0 aromatic rings. The summed E-state index contributed by atoms with van der Waals surface area (Å²) in [5.41, 5.74) is 0. The van der Waals surface area contributed by atoms with Gasteiger partial charge in [0.05, 0.1) is 16.3 Å². The molecule has 2 atom stereocenters. The van der Waals surface area contributed by atoms with Gasteiger partial charge in [-0.1, -0.05) is 0 Å². The Bertz CT molecular complexity index is 583. The van der Waals surface area contributed by atoms with Crippen molar-refractivity contribution in [3.05, 3.63) is 0 Å². The van der Waals surface area contributed by atoms with Crippen molar-refractivity contribution in [3.8, 4) is 0 Å². The van der Waals surface area contributed by atoms with Gasteiger partial charge in [-0.05, 0) is 32.7 Å². The fourth-order valence-corrected chi connectivity index (χ4v) is 7.39. The zero-order valence-electron chi connectivity index (χ0n) is 11.7. The highest BCUT2D eigenvalue weighted by Gasteiger charge is 2.45. The van der Waals surface area contributed by atoms with E-state index >= 15 is 0 Å². The van der Waals surface area contributed by atoms with Gasteiger partial charge in [0, 0.05) is 25.7 Å². The maximum Gasteiger partial charge on any atom is 0.216 e. The second-order valence-corrected chi connectivity index (χ2v) is 10.7. The third-order valence-corrected chi connectivity index (χ3v) is 9.45. The Balaban J connectivity index is 1.82. The van der Waals surface area contributed by atoms with E-state index in [4.69, 9.17) is 0 Å². The highest BCUT2D eigenvalue weighted by Crippen LogP contribution is 2.34. The topological polar surface area (TPSA) is 74.8 Å². The van der Waals surface area contributed by atoms with Crippen molar-refractivity contribution in [1.29, 1.82) is 0 Å². The number of sulfonamides is 1. The Morgan fingerprint density at radius 3 is 2.30 bits per heavy atom. The number of nitrogens with zero attached hydrogens (tertiary/aromatic N) is 2. The summed E-state index contributed by atoms with van der Waals surface area (Å²) >= 11 is 0. The van der Waals surface area contributed by atoms with E-state index < -0.39 is 25.1 Å². The van der Waals surface area contributed by atoms with E-state index in [2.05, 4.69) is 4.90 Å². The van der Waals surface area contributed by atoms with E-state index in [0.717, 1.165) is 12.8 Å². The summed E-state index contributed by atoms with van der Waals surface area (Å²) in [6.07, 6.45) is 2.56. The molecule has 3 rings (SSSR count). The van der Waals surface area contributed by atoms with Crippen LogP contribution in [0.5, 0.6) is 0 Å². The molecule has 116 valence electrons. The summed E-state index contributed by atoms with van der Waals surface area (Å²) in [4.78, 5) is 2.08. The molecule has 0 radical (unpaired) electrons. The molecule has 0 N–H and O–H groups in total. The van der Waals surface area contributed by atoms with Gasteiger partial charge in [0.1, 0.15) is 0 Å². The Hall–Kier alpha value is -0.180. The predicted molar refractivity (Wildman–Crippen MR) is 76.7 cm³/mol. The Labute approximate surface area is 121 Å². The lowest BCUT2D eigenvalue weighted by molar-refractivity contribution is 0.223. The van der Waals surface area contributed by atoms with Crippen LogP contribution in [0.15, 0.2) is 0 Å². The fraction of sp³-hybridized carbons (Fsp3) is 1.00. The molecule has 0 aromatic carbocycles. The maximum atomic E-state index is 12.3. The third-order valence-electron chi connectivity index (χ3n) is 4.83. The standard InChI is InChI=1S/C12H22N2O4S2/c1-13-8-9-19(15,16)12-5-7-14(6-4-11(12)13)20(17,18)10-2-3-10/h10-12H,2-9H2,1H3/t11-,12+/m0/s1. The van der Waals surface area contributed by atoms with Crippen LogP contribution in [0.2, 0.25) is 0 Å². The summed E-state index contributed by atoms with van der Waals surface area (Å²) in [5.74, 6) is 0.194.